The topological polar surface area (TPSA) is 61.4 Å². The highest BCUT2D eigenvalue weighted by atomic mass is 19.4. The number of hydrogen-bond acceptors (Lipinski definition) is 4. The molecule has 21 heavy (non-hydrogen) atoms. The van der Waals surface area contributed by atoms with E-state index in [1.807, 2.05) is 0 Å². The van der Waals surface area contributed by atoms with E-state index in [4.69, 9.17) is 0 Å². The van der Waals surface area contributed by atoms with Crippen molar-refractivity contribution in [3.63, 3.8) is 0 Å². The van der Waals surface area contributed by atoms with Gasteiger partial charge in [0.15, 0.2) is 5.82 Å². The number of nitrogens with zero attached hydrogens (tertiary/aromatic N) is 4. The standard InChI is InChI=1S/C12H16F3N5O/c1-9-7-19(5-6-20(9)8-12(13,14)15)11(21)17-10-3-2-4-16-18-10/h2-4,9H,5-8H2,1H3,(H,17,18,21)/t9-/m1/s1. The minimum absolute atomic E-state index is 0.189. The Bertz CT molecular complexity index is 482. The molecule has 0 radical (unpaired) electrons. The van der Waals surface area contributed by atoms with Gasteiger partial charge in [0.05, 0.1) is 6.54 Å². The molecule has 6 nitrogen and oxygen atoms in total. The van der Waals surface area contributed by atoms with Gasteiger partial charge in [-0.1, -0.05) is 0 Å². The number of urea groups is 1. The van der Waals surface area contributed by atoms with E-state index in [2.05, 4.69) is 15.5 Å². The van der Waals surface area contributed by atoms with Gasteiger partial charge in [0.2, 0.25) is 0 Å². The summed E-state index contributed by atoms with van der Waals surface area (Å²) in [4.78, 5) is 14.8. The second-order valence-corrected chi connectivity index (χ2v) is 4.92. The van der Waals surface area contributed by atoms with E-state index in [1.54, 1.807) is 19.1 Å². The number of carbonyl (C=O) groups is 1. The second-order valence-electron chi connectivity index (χ2n) is 4.92. The first-order valence-corrected chi connectivity index (χ1v) is 6.49. The Morgan fingerprint density at radius 2 is 2.24 bits per heavy atom. The summed E-state index contributed by atoms with van der Waals surface area (Å²) >= 11 is 0. The molecule has 1 saturated heterocycles. The van der Waals surface area contributed by atoms with E-state index in [-0.39, 0.29) is 31.7 Å². The molecule has 116 valence electrons. The summed E-state index contributed by atoms with van der Waals surface area (Å²) in [5.41, 5.74) is 0. The fraction of sp³-hybridized carbons (Fsp3) is 0.583. The third kappa shape index (κ3) is 4.55. The predicted molar refractivity (Wildman–Crippen MR) is 69.7 cm³/mol. The molecule has 2 rings (SSSR count). The molecular formula is C12H16F3N5O. The number of aromatic nitrogens is 2. The third-order valence-electron chi connectivity index (χ3n) is 3.24. The van der Waals surface area contributed by atoms with Crippen molar-refractivity contribution in [2.45, 2.75) is 19.1 Å². The van der Waals surface area contributed by atoms with Crippen LogP contribution in [0.3, 0.4) is 0 Å². The summed E-state index contributed by atoms with van der Waals surface area (Å²) in [6.45, 7) is 1.39. The zero-order valence-corrected chi connectivity index (χ0v) is 11.5. The lowest BCUT2D eigenvalue weighted by Crippen LogP contribution is -2.56. The summed E-state index contributed by atoms with van der Waals surface area (Å²) < 4.78 is 37.2. The summed E-state index contributed by atoms with van der Waals surface area (Å²) in [6, 6.07) is 2.49. The minimum atomic E-state index is -4.22. The molecule has 1 fully saturated rings. The Morgan fingerprint density at radius 1 is 1.48 bits per heavy atom. The van der Waals surface area contributed by atoms with Crippen LogP contribution in [0.15, 0.2) is 18.3 Å². The number of anilines is 1. The number of piperazine rings is 1. The van der Waals surface area contributed by atoms with Crippen LogP contribution in [0.1, 0.15) is 6.92 Å². The van der Waals surface area contributed by atoms with Crippen molar-refractivity contribution in [3.8, 4) is 0 Å². The van der Waals surface area contributed by atoms with Gasteiger partial charge in [0.1, 0.15) is 0 Å². The Hall–Kier alpha value is -1.90. The molecule has 9 heteroatoms. The monoisotopic (exact) mass is 303 g/mol. The first-order valence-electron chi connectivity index (χ1n) is 6.49. The smallest absolute Gasteiger partial charge is 0.322 e. The van der Waals surface area contributed by atoms with E-state index in [1.165, 1.54) is 16.0 Å². The second kappa shape index (κ2) is 6.25. The molecule has 1 N–H and O–H groups in total. The lowest BCUT2D eigenvalue weighted by atomic mass is 10.2. The highest BCUT2D eigenvalue weighted by Crippen LogP contribution is 2.20. The first-order chi connectivity index (χ1) is 9.85. The van der Waals surface area contributed by atoms with Crippen molar-refractivity contribution < 1.29 is 18.0 Å². The van der Waals surface area contributed by atoms with Gasteiger partial charge in [-0.3, -0.25) is 10.2 Å². The van der Waals surface area contributed by atoms with Crippen LogP contribution in [0.25, 0.3) is 0 Å². The van der Waals surface area contributed by atoms with Gasteiger partial charge in [-0.15, -0.1) is 5.10 Å². The van der Waals surface area contributed by atoms with Crippen molar-refractivity contribution in [3.05, 3.63) is 18.3 Å². The number of carbonyl (C=O) groups excluding carboxylic acids is 1. The van der Waals surface area contributed by atoms with Crippen LogP contribution in [0, 0.1) is 0 Å². The summed E-state index contributed by atoms with van der Waals surface area (Å²) in [6.07, 6.45) is -2.74. The van der Waals surface area contributed by atoms with Crippen LogP contribution in [0.4, 0.5) is 23.8 Å². The largest absolute Gasteiger partial charge is 0.401 e. The molecular weight excluding hydrogens is 287 g/mol. The van der Waals surface area contributed by atoms with E-state index in [0.717, 1.165) is 0 Å². The molecule has 0 unspecified atom stereocenters. The average molecular weight is 303 g/mol. The highest BCUT2D eigenvalue weighted by molar-refractivity contribution is 5.88. The molecule has 0 aromatic carbocycles. The van der Waals surface area contributed by atoms with Crippen LogP contribution >= 0.6 is 0 Å². The Labute approximate surface area is 119 Å². The van der Waals surface area contributed by atoms with E-state index < -0.39 is 12.7 Å². The average Bonchev–Trinajstić information content (AvgIpc) is 2.40. The van der Waals surface area contributed by atoms with Crippen molar-refractivity contribution >= 4 is 11.8 Å². The first kappa shape index (κ1) is 15.5. The van der Waals surface area contributed by atoms with Crippen LogP contribution in [-0.4, -0.2) is 64.4 Å². The maximum Gasteiger partial charge on any atom is 0.401 e. The van der Waals surface area contributed by atoms with Gasteiger partial charge < -0.3 is 4.90 Å². The molecule has 1 aromatic rings. The van der Waals surface area contributed by atoms with Crippen molar-refractivity contribution in [1.82, 2.24) is 20.0 Å². The van der Waals surface area contributed by atoms with Gasteiger partial charge in [0.25, 0.3) is 0 Å². The molecule has 0 spiro atoms. The van der Waals surface area contributed by atoms with Gasteiger partial charge in [-0.25, -0.2) is 4.79 Å². The van der Waals surface area contributed by atoms with Crippen LogP contribution in [0.2, 0.25) is 0 Å². The number of alkyl halides is 3. The van der Waals surface area contributed by atoms with Crippen molar-refractivity contribution in [2.75, 3.05) is 31.5 Å². The minimum Gasteiger partial charge on any atom is -0.322 e. The van der Waals surface area contributed by atoms with E-state index >= 15 is 0 Å². The molecule has 1 atom stereocenters. The number of nitrogens with one attached hydrogen (secondary N) is 1. The number of hydrogen-bond donors (Lipinski definition) is 1. The van der Waals surface area contributed by atoms with Crippen molar-refractivity contribution in [2.24, 2.45) is 0 Å². The fourth-order valence-corrected chi connectivity index (χ4v) is 2.20. The number of halogens is 3. The SMILES string of the molecule is C[C@@H]1CN(C(=O)Nc2cccnn2)CCN1CC(F)(F)F. The fourth-order valence-electron chi connectivity index (χ4n) is 2.20. The Balaban J connectivity index is 1.88. The quantitative estimate of drug-likeness (QED) is 0.901. The zero-order chi connectivity index (χ0) is 15.5. The van der Waals surface area contributed by atoms with Gasteiger partial charge in [0, 0.05) is 31.9 Å². The van der Waals surface area contributed by atoms with Crippen LogP contribution in [0.5, 0.6) is 0 Å². The molecule has 2 amide bonds. The summed E-state index contributed by atoms with van der Waals surface area (Å²) in [5, 5.41) is 9.93. The maximum atomic E-state index is 12.4. The van der Waals surface area contributed by atoms with Crippen molar-refractivity contribution in [1.29, 1.82) is 0 Å². The summed E-state index contributed by atoms with van der Waals surface area (Å²) in [5.74, 6) is 0.313. The number of amides is 2. The predicted octanol–water partition coefficient (Wildman–Crippen LogP) is 1.58. The van der Waals surface area contributed by atoms with E-state index in [9.17, 15) is 18.0 Å². The highest BCUT2D eigenvalue weighted by Gasteiger charge is 2.35. The normalized spacial score (nSPS) is 20.4. The van der Waals surface area contributed by atoms with Gasteiger partial charge in [-0.05, 0) is 19.1 Å². The van der Waals surface area contributed by atoms with Crippen LogP contribution in [-0.2, 0) is 0 Å². The van der Waals surface area contributed by atoms with E-state index in [0.29, 0.717) is 5.82 Å². The molecule has 0 bridgehead atoms. The van der Waals surface area contributed by atoms with Gasteiger partial charge in [-0.2, -0.15) is 18.3 Å². The third-order valence-corrected chi connectivity index (χ3v) is 3.24. The lowest BCUT2D eigenvalue weighted by molar-refractivity contribution is -0.153. The Kier molecular flexibility index (Phi) is 4.61. The molecule has 1 aliphatic rings. The maximum absolute atomic E-state index is 12.4. The van der Waals surface area contributed by atoms with Gasteiger partial charge >= 0.3 is 12.2 Å². The molecule has 1 aromatic heterocycles. The molecule has 2 heterocycles. The molecule has 0 saturated carbocycles. The zero-order valence-electron chi connectivity index (χ0n) is 11.5. The Morgan fingerprint density at radius 3 is 2.81 bits per heavy atom. The number of rotatable bonds is 2. The molecule has 1 aliphatic heterocycles. The molecule has 0 aliphatic carbocycles. The van der Waals surface area contributed by atoms with Crippen LogP contribution < -0.4 is 5.32 Å². The lowest BCUT2D eigenvalue weighted by Gasteiger charge is -2.39. The summed E-state index contributed by atoms with van der Waals surface area (Å²) in [7, 11) is 0.